The summed E-state index contributed by atoms with van der Waals surface area (Å²) in [5, 5.41) is 13.1. The maximum Gasteiger partial charge on any atom is 0.389 e. The van der Waals surface area contributed by atoms with E-state index in [0.29, 0.717) is 5.39 Å². The Balaban J connectivity index is 1.73. The zero-order valence-corrected chi connectivity index (χ0v) is 16.6. The lowest BCUT2D eigenvalue weighted by Crippen LogP contribution is -2.31. The van der Waals surface area contributed by atoms with Crippen molar-refractivity contribution in [2.75, 3.05) is 4.90 Å². The summed E-state index contributed by atoms with van der Waals surface area (Å²) in [6.45, 7) is 0.0853. The number of hydrogen-bond acceptors (Lipinski definition) is 3. The van der Waals surface area contributed by atoms with Crippen molar-refractivity contribution in [1.29, 1.82) is 0 Å². The molecule has 0 unspecified atom stereocenters. The highest BCUT2D eigenvalue weighted by Gasteiger charge is 2.30. The fourth-order valence-corrected chi connectivity index (χ4v) is 4.48. The molecule has 3 nitrogen and oxygen atoms in total. The van der Waals surface area contributed by atoms with Gasteiger partial charge in [-0.15, -0.1) is 11.3 Å². The van der Waals surface area contributed by atoms with Gasteiger partial charge in [0.1, 0.15) is 5.75 Å². The van der Waals surface area contributed by atoms with E-state index in [-0.39, 0.29) is 18.0 Å². The van der Waals surface area contributed by atoms with Crippen LogP contribution in [-0.2, 0) is 11.3 Å². The second kappa shape index (κ2) is 7.99. The van der Waals surface area contributed by atoms with Gasteiger partial charge in [-0.2, -0.15) is 13.2 Å². The minimum atomic E-state index is -4.43. The molecule has 0 aliphatic rings. The van der Waals surface area contributed by atoms with Gasteiger partial charge >= 0.3 is 6.18 Å². The van der Waals surface area contributed by atoms with Crippen LogP contribution in [0.5, 0.6) is 5.75 Å². The summed E-state index contributed by atoms with van der Waals surface area (Å²) in [7, 11) is 0. The summed E-state index contributed by atoms with van der Waals surface area (Å²) >= 11 is 1.47. The summed E-state index contributed by atoms with van der Waals surface area (Å²) in [6.07, 6.45) is -6.31. The number of hydrogen-bond donors (Lipinski definition) is 1. The normalized spacial score (nSPS) is 11.8. The van der Waals surface area contributed by atoms with Crippen LogP contribution in [0.1, 0.15) is 17.7 Å². The van der Waals surface area contributed by atoms with Crippen LogP contribution in [0.15, 0.2) is 66.7 Å². The number of anilines is 1. The fourth-order valence-electron chi connectivity index (χ4n) is 3.42. The Kier molecular flexibility index (Phi) is 5.39. The first kappa shape index (κ1) is 20.2. The Morgan fingerprint density at radius 1 is 0.967 bits per heavy atom. The first-order valence-corrected chi connectivity index (χ1v) is 10.2. The number of thiophene rings is 1. The van der Waals surface area contributed by atoms with E-state index in [0.717, 1.165) is 20.3 Å². The number of aromatic hydroxyl groups is 1. The summed E-state index contributed by atoms with van der Waals surface area (Å²) in [6, 6.07) is 20.1. The molecular weight excluding hydrogens is 411 g/mol. The Labute approximate surface area is 175 Å². The van der Waals surface area contributed by atoms with Gasteiger partial charge < -0.3 is 10.0 Å². The number of carbonyl (C=O) groups is 1. The topological polar surface area (TPSA) is 40.5 Å². The third-order valence-corrected chi connectivity index (χ3v) is 5.98. The number of phenols is 1. The number of fused-ring (bicyclic) bond motifs is 2. The van der Waals surface area contributed by atoms with Crippen molar-refractivity contribution in [1.82, 2.24) is 0 Å². The molecule has 0 fully saturated rings. The summed E-state index contributed by atoms with van der Waals surface area (Å²) < 4.78 is 39.2. The van der Waals surface area contributed by atoms with Crippen LogP contribution in [0.25, 0.3) is 20.9 Å². The molecule has 3 aromatic carbocycles. The Morgan fingerprint density at radius 3 is 2.40 bits per heavy atom. The molecule has 1 amide bonds. The number of benzene rings is 3. The monoisotopic (exact) mass is 429 g/mol. The average molecular weight is 429 g/mol. The summed E-state index contributed by atoms with van der Waals surface area (Å²) in [4.78, 5) is 14.9. The molecular formula is C23H18F3NO2S. The van der Waals surface area contributed by atoms with Gasteiger partial charge in [0.15, 0.2) is 0 Å². The highest BCUT2D eigenvalue weighted by Crippen LogP contribution is 2.37. The van der Waals surface area contributed by atoms with Crippen molar-refractivity contribution in [3.8, 4) is 5.75 Å². The second-order valence-electron chi connectivity index (χ2n) is 7.00. The van der Waals surface area contributed by atoms with E-state index >= 15 is 0 Å². The molecule has 1 heterocycles. The van der Waals surface area contributed by atoms with Crippen LogP contribution in [0, 0.1) is 0 Å². The average Bonchev–Trinajstić information content (AvgIpc) is 3.13. The van der Waals surface area contributed by atoms with Crippen LogP contribution >= 0.6 is 11.3 Å². The zero-order valence-electron chi connectivity index (χ0n) is 15.8. The first-order valence-electron chi connectivity index (χ1n) is 9.37. The van der Waals surface area contributed by atoms with Crippen molar-refractivity contribution < 1.29 is 23.1 Å². The predicted molar refractivity (Wildman–Crippen MR) is 114 cm³/mol. The highest BCUT2D eigenvalue weighted by atomic mass is 32.1. The second-order valence-corrected chi connectivity index (χ2v) is 8.17. The predicted octanol–water partition coefficient (Wildman–Crippen LogP) is 6.64. The van der Waals surface area contributed by atoms with Crippen LogP contribution in [0.4, 0.5) is 18.9 Å². The van der Waals surface area contributed by atoms with Crippen LogP contribution in [0.3, 0.4) is 0 Å². The molecule has 0 aliphatic heterocycles. The summed E-state index contributed by atoms with van der Waals surface area (Å²) in [5.41, 5.74) is 0.207. The number of nitrogens with zero attached hydrogens (tertiary/aromatic N) is 1. The number of phenolic OH excluding ortho intramolecular Hbond substituents is 1. The number of halogens is 3. The first-order chi connectivity index (χ1) is 14.3. The molecule has 0 saturated heterocycles. The molecule has 4 rings (SSSR count). The van der Waals surface area contributed by atoms with Crippen LogP contribution < -0.4 is 4.90 Å². The fraction of sp³-hybridized carbons (Fsp3) is 0.174. The van der Waals surface area contributed by atoms with Gasteiger partial charge in [0, 0.05) is 21.4 Å². The third-order valence-electron chi connectivity index (χ3n) is 4.88. The van der Waals surface area contributed by atoms with Crippen molar-refractivity contribution in [3.05, 3.63) is 71.6 Å². The Morgan fingerprint density at radius 2 is 1.67 bits per heavy atom. The van der Waals surface area contributed by atoms with Gasteiger partial charge in [-0.05, 0) is 29.0 Å². The van der Waals surface area contributed by atoms with E-state index in [4.69, 9.17) is 0 Å². The van der Waals surface area contributed by atoms with Crippen molar-refractivity contribution in [3.63, 3.8) is 0 Å². The number of rotatable bonds is 5. The molecule has 0 bridgehead atoms. The van der Waals surface area contributed by atoms with Gasteiger partial charge in [0.05, 0.1) is 18.7 Å². The van der Waals surface area contributed by atoms with Crippen molar-refractivity contribution in [2.24, 2.45) is 0 Å². The summed E-state index contributed by atoms with van der Waals surface area (Å²) in [5.74, 6) is -0.801. The molecule has 0 atom stereocenters. The largest absolute Gasteiger partial charge is 0.505 e. The van der Waals surface area contributed by atoms with E-state index < -0.39 is 24.9 Å². The minimum absolute atomic E-state index is 0.0853. The van der Waals surface area contributed by atoms with E-state index in [1.165, 1.54) is 16.2 Å². The smallest absolute Gasteiger partial charge is 0.389 e. The lowest BCUT2D eigenvalue weighted by Gasteiger charge is -2.24. The molecule has 0 aliphatic carbocycles. The van der Waals surface area contributed by atoms with Gasteiger partial charge in [0.25, 0.3) is 0 Å². The maximum absolute atomic E-state index is 12.8. The Hall–Kier alpha value is -3.06. The third kappa shape index (κ3) is 4.26. The maximum atomic E-state index is 12.8. The molecule has 0 radical (unpaired) electrons. The van der Waals surface area contributed by atoms with E-state index in [9.17, 15) is 23.1 Å². The van der Waals surface area contributed by atoms with E-state index in [1.807, 2.05) is 42.5 Å². The SMILES string of the molecule is O=C(CCC(F)(F)F)N(Cc1cc2ccccc2s1)c1ccc2ccccc2c1O. The van der Waals surface area contributed by atoms with Crippen LogP contribution in [0.2, 0.25) is 0 Å². The van der Waals surface area contributed by atoms with Crippen LogP contribution in [-0.4, -0.2) is 17.2 Å². The van der Waals surface area contributed by atoms with Gasteiger partial charge in [-0.25, -0.2) is 0 Å². The minimum Gasteiger partial charge on any atom is -0.505 e. The standard InChI is InChI=1S/C23H18F3NO2S/c24-23(25,26)12-11-21(28)27(14-17-13-16-6-2-4-8-20(16)30-17)19-10-9-15-5-1-3-7-18(15)22(19)29/h1-10,13,29H,11-12,14H2. The molecule has 1 aromatic heterocycles. The molecule has 4 aromatic rings. The number of amides is 1. The number of carbonyl (C=O) groups excluding carboxylic acids is 1. The quantitative estimate of drug-likeness (QED) is 0.387. The molecule has 154 valence electrons. The van der Waals surface area contributed by atoms with Crippen molar-refractivity contribution in [2.45, 2.75) is 25.6 Å². The molecule has 7 heteroatoms. The van der Waals surface area contributed by atoms with E-state index in [2.05, 4.69) is 0 Å². The zero-order chi connectivity index (χ0) is 21.3. The lowest BCUT2D eigenvalue weighted by atomic mass is 10.1. The van der Waals surface area contributed by atoms with E-state index in [1.54, 1.807) is 24.3 Å². The van der Waals surface area contributed by atoms with Crippen molar-refractivity contribution >= 4 is 43.8 Å². The van der Waals surface area contributed by atoms with Gasteiger partial charge in [-0.3, -0.25) is 4.79 Å². The molecule has 30 heavy (non-hydrogen) atoms. The number of alkyl halides is 3. The molecule has 1 N–H and O–H groups in total. The van der Waals surface area contributed by atoms with Gasteiger partial charge in [-0.1, -0.05) is 48.5 Å². The lowest BCUT2D eigenvalue weighted by molar-refractivity contribution is -0.143. The molecule has 0 saturated carbocycles. The Bertz CT molecular complexity index is 1180. The van der Waals surface area contributed by atoms with Gasteiger partial charge in [0.2, 0.25) is 5.91 Å². The molecule has 0 spiro atoms. The highest BCUT2D eigenvalue weighted by molar-refractivity contribution is 7.19.